The minimum absolute atomic E-state index is 0.292. The van der Waals surface area contributed by atoms with Gasteiger partial charge in [-0.25, -0.2) is 8.78 Å². The number of aliphatic hydroxyl groups excluding tert-OH is 1. The first-order valence-corrected chi connectivity index (χ1v) is 6.54. The molecule has 1 nitrogen and oxygen atoms in total. The van der Waals surface area contributed by atoms with Crippen LogP contribution in [-0.2, 0) is 0 Å². The van der Waals surface area contributed by atoms with Gasteiger partial charge in [-0.3, -0.25) is 0 Å². The van der Waals surface area contributed by atoms with Gasteiger partial charge in [0.15, 0.2) is 0 Å². The quantitative estimate of drug-likeness (QED) is 0.880. The predicted molar refractivity (Wildman–Crippen MR) is 67.2 cm³/mol. The van der Waals surface area contributed by atoms with E-state index in [2.05, 4.69) is 15.9 Å². The van der Waals surface area contributed by atoms with Crippen molar-refractivity contribution < 1.29 is 13.9 Å². The Morgan fingerprint density at radius 3 is 2.65 bits per heavy atom. The zero-order valence-electron chi connectivity index (χ0n) is 8.88. The molecule has 0 fully saturated rings. The molecule has 0 aliphatic heterocycles. The zero-order valence-corrected chi connectivity index (χ0v) is 11.3. The Hall–Kier alpha value is -0.780. The molecule has 2 rings (SSSR count). The summed E-state index contributed by atoms with van der Waals surface area (Å²) in [7, 11) is 0. The van der Waals surface area contributed by atoms with Crippen LogP contribution in [0.15, 0.2) is 28.1 Å². The summed E-state index contributed by atoms with van der Waals surface area (Å²) in [6.07, 6.45) is -1.27. The van der Waals surface area contributed by atoms with Crippen molar-refractivity contribution in [2.45, 2.75) is 13.0 Å². The van der Waals surface area contributed by atoms with Gasteiger partial charge in [-0.15, -0.1) is 11.3 Å². The maximum atomic E-state index is 13.8. The summed E-state index contributed by atoms with van der Waals surface area (Å²) in [6.45, 7) is 1.54. The largest absolute Gasteiger partial charge is 0.383 e. The molecule has 0 aliphatic carbocycles. The molecule has 1 aromatic carbocycles. The fraction of sp³-hybridized carbons (Fsp3) is 0.167. The van der Waals surface area contributed by atoms with E-state index in [1.54, 1.807) is 11.4 Å². The minimum Gasteiger partial charge on any atom is -0.383 e. The van der Waals surface area contributed by atoms with Gasteiger partial charge >= 0.3 is 0 Å². The van der Waals surface area contributed by atoms with Crippen molar-refractivity contribution in [3.63, 3.8) is 0 Å². The van der Waals surface area contributed by atoms with E-state index >= 15 is 0 Å². The topological polar surface area (TPSA) is 20.2 Å². The lowest BCUT2D eigenvalue weighted by Crippen LogP contribution is -2.05. The average Bonchev–Trinajstić information content (AvgIpc) is 2.71. The molecule has 90 valence electrons. The van der Waals surface area contributed by atoms with E-state index in [0.29, 0.717) is 10.4 Å². The number of thiophene rings is 1. The second-order valence-corrected chi connectivity index (χ2v) is 5.52. The lowest BCUT2D eigenvalue weighted by molar-refractivity contribution is 0.212. The SMILES string of the molecule is Cc1ccc(F)c(C(O)c2cc(Br)cs2)c1F. The molecule has 1 aromatic heterocycles. The first-order chi connectivity index (χ1) is 8.00. The van der Waals surface area contributed by atoms with Crippen molar-refractivity contribution in [1.29, 1.82) is 0 Å². The molecule has 0 saturated carbocycles. The molecule has 5 heteroatoms. The lowest BCUT2D eigenvalue weighted by Gasteiger charge is -2.12. The van der Waals surface area contributed by atoms with Crippen LogP contribution in [0.5, 0.6) is 0 Å². The fourth-order valence-corrected chi connectivity index (χ4v) is 2.98. The molecule has 0 saturated heterocycles. The van der Waals surface area contributed by atoms with Crippen LogP contribution in [0, 0.1) is 18.6 Å². The van der Waals surface area contributed by atoms with Crippen LogP contribution in [0.4, 0.5) is 8.78 Å². The second kappa shape index (κ2) is 4.84. The number of hydrogen-bond acceptors (Lipinski definition) is 2. The number of benzene rings is 1. The highest BCUT2D eigenvalue weighted by atomic mass is 79.9. The Bertz CT molecular complexity index is 553. The molecule has 0 bridgehead atoms. The van der Waals surface area contributed by atoms with Gasteiger partial charge in [-0.05, 0) is 40.5 Å². The number of aryl methyl sites for hydroxylation is 1. The highest BCUT2D eigenvalue weighted by Crippen LogP contribution is 2.33. The highest BCUT2D eigenvalue weighted by molar-refractivity contribution is 9.10. The summed E-state index contributed by atoms with van der Waals surface area (Å²) in [5, 5.41) is 11.8. The molecule has 0 radical (unpaired) electrons. The molecular formula is C12H9BrF2OS. The second-order valence-electron chi connectivity index (χ2n) is 3.66. The van der Waals surface area contributed by atoms with Gasteiger partial charge in [0.1, 0.15) is 17.7 Å². The third-order valence-corrected chi connectivity index (χ3v) is 4.20. The molecule has 2 aromatic rings. The summed E-state index contributed by atoms with van der Waals surface area (Å²) in [4.78, 5) is 0.500. The van der Waals surface area contributed by atoms with E-state index in [0.717, 1.165) is 4.47 Å². The zero-order chi connectivity index (χ0) is 12.6. The molecular weight excluding hydrogens is 310 g/mol. The molecule has 0 amide bonds. The first kappa shape index (κ1) is 12.7. The Kier molecular flexibility index (Phi) is 3.61. The monoisotopic (exact) mass is 318 g/mol. The smallest absolute Gasteiger partial charge is 0.135 e. The Morgan fingerprint density at radius 1 is 1.35 bits per heavy atom. The van der Waals surface area contributed by atoms with E-state index in [1.165, 1.54) is 30.4 Å². The van der Waals surface area contributed by atoms with Gasteiger partial charge in [-0.2, -0.15) is 0 Å². The van der Waals surface area contributed by atoms with Crippen molar-refractivity contribution in [3.8, 4) is 0 Å². The van der Waals surface area contributed by atoms with Crippen LogP contribution in [0.1, 0.15) is 22.1 Å². The average molecular weight is 319 g/mol. The maximum Gasteiger partial charge on any atom is 0.135 e. The van der Waals surface area contributed by atoms with Crippen LogP contribution in [0.2, 0.25) is 0 Å². The van der Waals surface area contributed by atoms with Crippen LogP contribution in [0.25, 0.3) is 0 Å². The summed E-state index contributed by atoms with van der Waals surface area (Å²) >= 11 is 4.48. The van der Waals surface area contributed by atoms with Gasteiger partial charge in [0.25, 0.3) is 0 Å². The van der Waals surface area contributed by atoms with Gasteiger partial charge < -0.3 is 5.11 Å². The molecule has 17 heavy (non-hydrogen) atoms. The van der Waals surface area contributed by atoms with Crippen LogP contribution < -0.4 is 0 Å². The van der Waals surface area contributed by atoms with Gasteiger partial charge in [0, 0.05) is 14.7 Å². The Labute approximate surface area is 110 Å². The molecule has 1 atom stereocenters. The molecule has 0 spiro atoms. The third-order valence-electron chi connectivity index (χ3n) is 2.45. The number of hydrogen-bond donors (Lipinski definition) is 1. The van der Waals surface area contributed by atoms with Crippen molar-refractivity contribution >= 4 is 27.3 Å². The van der Waals surface area contributed by atoms with Gasteiger partial charge in [0.05, 0.1) is 5.56 Å². The van der Waals surface area contributed by atoms with E-state index < -0.39 is 17.7 Å². The van der Waals surface area contributed by atoms with Crippen molar-refractivity contribution in [2.24, 2.45) is 0 Å². The van der Waals surface area contributed by atoms with E-state index in [-0.39, 0.29) is 5.56 Å². The molecule has 1 N–H and O–H groups in total. The number of rotatable bonds is 2. The molecule has 1 heterocycles. The summed E-state index contributed by atoms with van der Waals surface area (Å²) in [5.74, 6) is -1.42. The van der Waals surface area contributed by atoms with E-state index in [1.807, 2.05) is 0 Å². The predicted octanol–water partition coefficient (Wildman–Crippen LogP) is 4.18. The summed E-state index contributed by atoms with van der Waals surface area (Å²) in [6, 6.07) is 4.17. The number of halogens is 3. The van der Waals surface area contributed by atoms with Crippen molar-refractivity contribution in [3.05, 3.63) is 55.7 Å². The maximum absolute atomic E-state index is 13.8. The van der Waals surface area contributed by atoms with Crippen LogP contribution in [0.3, 0.4) is 0 Å². The van der Waals surface area contributed by atoms with Crippen molar-refractivity contribution in [1.82, 2.24) is 0 Å². The fourth-order valence-electron chi connectivity index (χ4n) is 1.54. The number of aliphatic hydroxyl groups is 1. The highest BCUT2D eigenvalue weighted by Gasteiger charge is 2.22. The molecule has 1 unspecified atom stereocenters. The van der Waals surface area contributed by atoms with Crippen molar-refractivity contribution in [2.75, 3.05) is 0 Å². The van der Waals surface area contributed by atoms with Crippen LogP contribution in [-0.4, -0.2) is 5.11 Å². The standard InChI is InChI=1S/C12H9BrF2OS/c1-6-2-3-8(14)10(11(6)15)12(16)9-4-7(13)5-17-9/h2-5,12,16H,1H3. The lowest BCUT2D eigenvalue weighted by atomic mass is 10.0. The van der Waals surface area contributed by atoms with Crippen LogP contribution >= 0.6 is 27.3 Å². The summed E-state index contributed by atoms with van der Waals surface area (Å²) in [5.41, 5.74) is 0.0235. The summed E-state index contributed by atoms with van der Waals surface area (Å²) < 4.78 is 28.1. The third kappa shape index (κ3) is 2.41. The molecule has 0 aliphatic rings. The van der Waals surface area contributed by atoms with E-state index in [9.17, 15) is 13.9 Å². The first-order valence-electron chi connectivity index (χ1n) is 4.87. The van der Waals surface area contributed by atoms with Gasteiger partial charge in [-0.1, -0.05) is 6.07 Å². The van der Waals surface area contributed by atoms with E-state index in [4.69, 9.17) is 0 Å². The Balaban J connectivity index is 2.50. The normalized spacial score (nSPS) is 12.8. The Morgan fingerprint density at radius 2 is 2.06 bits per heavy atom. The van der Waals surface area contributed by atoms with Gasteiger partial charge in [0.2, 0.25) is 0 Å². The minimum atomic E-state index is -1.27.